The Bertz CT molecular complexity index is 233. The van der Waals surface area contributed by atoms with Crippen molar-refractivity contribution in [1.29, 1.82) is 0 Å². The van der Waals surface area contributed by atoms with Gasteiger partial charge in [0.1, 0.15) is 5.54 Å². The minimum atomic E-state index is -0.828. The van der Waals surface area contributed by atoms with Crippen LogP contribution in [0.3, 0.4) is 0 Å². The quantitative estimate of drug-likeness (QED) is 0.648. The number of nitrogens with one attached hydrogen (secondary N) is 1. The molecule has 0 aliphatic rings. The summed E-state index contributed by atoms with van der Waals surface area (Å²) in [4.78, 5) is 11.7. The summed E-state index contributed by atoms with van der Waals surface area (Å²) in [6.07, 6.45) is -0.0575. The van der Waals surface area contributed by atoms with Gasteiger partial charge in [-0.25, -0.2) is 4.79 Å². The first kappa shape index (κ1) is 16.4. The van der Waals surface area contributed by atoms with E-state index in [9.17, 15) is 4.79 Å². The van der Waals surface area contributed by atoms with Crippen LogP contribution in [0.2, 0.25) is 0 Å². The van der Waals surface area contributed by atoms with Crippen LogP contribution in [0.5, 0.6) is 0 Å². The predicted octanol–water partition coefficient (Wildman–Crippen LogP) is 0.968. The van der Waals surface area contributed by atoms with E-state index in [1.54, 1.807) is 14.0 Å². The molecule has 2 unspecified atom stereocenters. The highest BCUT2D eigenvalue weighted by Crippen LogP contribution is 2.10. The lowest BCUT2D eigenvalue weighted by Crippen LogP contribution is -2.56. The highest BCUT2D eigenvalue weighted by Gasteiger charge is 2.35. The van der Waals surface area contributed by atoms with Crippen molar-refractivity contribution in [3.8, 4) is 0 Å². The summed E-state index contributed by atoms with van der Waals surface area (Å²) in [5.74, 6) is -0.323. The number of hydrogen-bond acceptors (Lipinski definition) is 5. The highest BCUT2D eigenvalue weighted by molar-refractivity contribution is 5.80. The fourth-order valence-corrected chi connectivity index (χ4v) is 1.61. The smallest absolute Gasteiger partial charge is 0.328 e. The molecule has 0 aliphatic heterocycles. The third-order valence-electron chi connectivity index (χ3n) is 2.30. The van der Waals surface area contributed by atoms with Crippen molar-refractivity contribution in [2.75, 3.05) is 27.4 Å². The number of esters is 1. The molecule has 17 heavy (non-hydrogen) atoms. The normalized spacial score (nSPS) is 16.6. The Hall–Kier alpha value is -0.650. The number of rotatable bonds is 8. The first-order valence-corrected chi connectivity index (χ1v) is 5.82. The zero-order valence-corrected chi connectivity index (χ0v) is 11.7. The Morgan fingerprint density at radius 2 is 1.88 bits per heavy atom. The number of ether oxygens (including phenoxy) is 3. The molecule has 5 heteroatoms. The van der Waals surface area contributed by atoms with Crippen LogP contribution in [0.4, 0.5) is 0 Å². The number of carbonyl (C=O) groups excluding carboxylic acids is 1. The van der Waals surface area contributed by atoms with E-state index >= 15 is 0 Å². The Kier molecular flexibility index (Phi) is 7.34. The number of carbonyl (C=O) groups is 1. The van der Waals surface area contributed by atoms with Gasteiger partial charge in [0.05, 0.1) is 26.4 Å². The molecular formula is C12H25NO4. The minimum absolute atomic E-state index is 0.0575. The van der Waals surface area contributed by atoms with E-state index in [-0.39, 0.29) is 24.7 Å². The third-order valence-corrected chi connectivity index (χ3v) is 2.30. The molecule has 0 aromatic carbocycles. The van der Waals surface area contributed by atoms with Crippen molar-refractivity contribution in [1.82, 2.24) is 5.32 Å². The molecule has 0 bridgehead atoms. The van der Waals surface area contributed by atoms with Gasteiger partial charge in [-0.2, -0.15) is 0 Å². The van der Waals surface area contributed by atoms with Crippen LogP contribution < -0.4 is 5.32 Å². The van der Waals surface area contributed by atoms with E-state index in [2.05, 4.69) is 5.32 Å². The van der Waals surface area contributed by atoms with Crippen LogP contribution in [0.1, 0.15) is 27.7 Å². The molecule has 0 saturated carbocycles. The van der Waals surface area contributed by atoms with Crippen LogP contribution in [-0.4, -0.2) is 51.1 Å². The highest BCUT2D eigenvalue weighted by atomic mass is 16.5. The van der Waals surface area contributed by atoms with Gasteiger partial charge in [-0.1, -0.05) is 0 Å². The van der Waals surface area contributed by atoms with Crippen molar-refractivity contribution in [3.63, 3.8) is 0 Å². The second-order valence-corrected chi connectivity index (χ2v) is 4.70. The maximum atomic E-state index is 11.7. The Morgan fingerprint density at radius 1 is 1.29 bits per heavy atom. The van der Waals surface area contributed by atoms with E-state index < -0.39 is 5.54 Å². The zero-order valence-electron chi connectivity index (χ0n) is 11.7. The summed E-state index contributed by atoms with van der Waals surface area (Å²) >= 11 is 0. The van der Waals surface area contributed by atoms with Gasteiger partial charge in [0.2, 0.25) is 0 Å². The SMILES string of the molecule is COCC(C)OCC(C)(NC(C)C)C(=O)OC. The first-order valence-electron chi connectivity index (χ1n) is 5.82. The Morgan fingerprint density at radius 3 is 2.29 bits per heavy atom. The van der Waals surface area contributed by atoms with Gasteiger partial charge in [0.15, 0.2) is 0 Å². The van der Waals surface area contributed by atoms with Gasteiger partial charge in [0.25, 0.3) is 0 Å². The van der Waals surface area contributed by atoms with Crippen LogP contribution in [0.15, 0.2) is 0 Å². The molecule has 5 nitrogen and oxygen atoms in total. The summed E-state index contributed by atoms with van der Waals surface area (Å²) in [6, 6.07) is 0.167. The molecule has 0 aromatic rings. The van der Waals surface area contributed by atoms with Crippen molar-refractivity contribution in [2.45, 2.75) is 45.4 Å². The second-order valence-electron chi connectivity index (χ2n) is 4.70. The van der Waals surface area contributed by atoms with Crippen LogP contribution >= 0.6 is 0 Å². The molecule has 2 atom stereocenters. The van der Waals surface area contributed by atoms with E-state index in [0.717, 1.165) is 0 Å². The fourth-order valence-electron chi connectivity index (χ4n) is 1.61. The maximum Gasteiger partial charge on any atom is 0.328 e. The molecule has 0 rings (SSSR count). The lowest BCUT2D eigenvalue weighted by Gasteiger charge is -2.31. The third kappa shape index (κ3) is 6.00. The molecular weight excluding hydrogens is 222 g/mol. The Balaban J connectivity index is 4.43. The van der Waals surface area contributed by atoms with Gasteiger partial charge in [-0.15, -0.1) is 0 Å². The van der Waals surface area contributed by atoms with E-state index in [1.165, 1.54) is 7.11 Å². The monoisotopic (exact) mass is 247 g/mol. The van der Waals surface area contributed by atoms with Crippen molar-refractivity contribution >= 4 is 5.97 Å². The molecule has 0 spiro atoms. The summed E-state index contributed by atoms with van der Waals surface area (Å²) < 4.78 is 15.4. The number of methoxy groups -OCH3 is 2. The summed E-state index contributed by atoms with van der Waals surface area (Å²) in [7, 11) is 2.99. The van der Waals surface area contributed by atoms with Gasteiger partial charge in [-0.3, -0.25) is 5.32 Å². The molecule has 1 N–H and O–H groups in total. The van der Waals surface area contributed by atoms with Crippen LogP contribution in [-0.2, 0) is 19.0 Å². The molecule has 0 saturated heterocycles. The predicted molar refractivity (Wildman–Crippen MR) is 66.0 cm³/mol. The van der Waals surface area contributed by atoms with Gasteiger partial charge < -0.3 is 14.2 Å². The largest absolute Gasteiger partial charge is 0.468 e. The molecule has 0 radical (unpaired) electrons. The molecule has 102 valence electrons. The first-order chi connectivity index (χ1) is 7.85. The molecule has 0 amide bonds. The van der Waals surface area contributed by atoms with Crippen LogP contribution in [0, 0.1) is 0 Å². The lowest BCUT2D eigenvalue weighted by molar-refractivity contribution is -0.152. The second kappa shape index (κ2) is 7.63. The van der Waals surface area contributed by atoms with Crippen molar-refractivity contribution in [3.05, 3.63) is 0 Å². The van der Waals surface area contributed by atoms with Crippen LogP contribution in [0.25, 0.3) is 0 Å². The molecule has 0 heterocycles. The van der Waals surface area contributed by atoms with Gasteiger partial charge in [0, 0.05) is 13.2 Å². The average molecular weight is 247 g/mol. The van der Waals surface area contributed by atoms with E-state index in [1.807, 2.05) is 20.8 Å². The van der Waals surface area contributed by atoms with Gasteiger partial charge in [-0.05, 0) is 27.7 Å². The van der Waals surface area contributed by atoms with E-state index in [4.69, 9.17) is 14.2 Å². The maximum absolute atomic E-state index is 11.7. The fraction of sp³-hybridized carbons (Fsp3) is 0.917. The van der Waals surface area contributed by atoms with Crippen molar-refractivity contribution in [2.24, 2.45) is 0 Å². The summed E-state index contributed by atoms with van der Waals surface area (Å²) in [5, 5.41) is 3.16. The zero-order chi connectivity index (χ0) is 13.5. The topological polar surface area (TPSA) is 56.8 Å². The minimum Gasteiger partial charge on any atom is -0.468 e. The lowest BCUT2D eigenvalue weighted by atomic mass is 10.0. The average Bonchev–Trinajstić information content (AvgIpc) is 2.25. The molecule has 0 aliphatic carbocycles. The molecule has 0 fully saturated rings. The Labute approximate surface area is 104 Å². The summed E-state index contributed by atoms with van der Waals surface area (Å²) in [5.41, 5.74) is -0.828. The molecule has 0 aromatic heterocycles. The van der Waals surface area contributed by atoms with Gasteiger partial charge >= 0.3 is 5.97 Å². The van der Waals surface area contributed by atoms with E-state index in [0.29, 0.717) is 6.61 Å². The standard InChI is InChI=1S/C12H25NO4/c1-9(2)13-12(4,11(14)16-6)8-17-10(3)7-15-5/h9-10,13H,7-8H2,1-6H3. The number of hydrogen-bond donors (Lipinski definition) is 1. The summed E-state index contributed by atoms with van der Waals surface area (Å²) in [6.45, 7) is 8.37. The van der Waals surface area contributed by atoms with Crippen molar-refractivity contribution < 1.29 is 19.0 Å².